The number of nitrogens with zero attached hydrogens (tertiary/aromatic N) is 1. The maximum absolute atomic E-state index is 6.36. The highest BCUT2D eigenvalue weighted by molar-refractivity contribution is 5.37. The average molecular weight is 373 g/mol. The Kier molecular flexibility index (Phi) is 11.2. The van der Waals surface area contributed by atoms with Gasteiger partial charge in [0.1, 0.15) is 0 Å². The molecule has 1 rings (SSSR count). The molecule has 6 heteroatoms. The highest BCUT2D eigenvalue weighted by Crippen LogP contribution is 2.13. The van der Waals surface area contributed by atoms with Crippen LogP contribution in [0.15, 0.2) is 47.9 Å². The van der Waals surface area contributed by atoms with E-state index in [1.54, 1.807) is 6.08 Å². The first-order valence-electron chi connectivity index (χ1n) is 9.66. The molecule has 150 valence electrons. The van der Waals surface area contributed by atoms with Crippen molar-refractivity contribution in [1.82, 2.24) is 15.5 Å². The van der Waals surface area contributed by atoms with Crippen molar-refractivity contribution in [2.45, 2.75) is 38.4 Å². The van der Waals surface area contributed by atoms with Crippen LogP contribution in [-0.4, -0.2) is 49.8 Å². The Morgan fingerprint density at radius 1 is 1.41 bits per heavy atom. The molecule has 0 bridgehead atoms. The second-order valence-corrected chi connectivity index (χ2v) is 6.68. The summed E-state index contributed by atoms with van der Waals surface area (Å²) in [5.74, 6) is 3.21. The number of likely N-dealkylation sites (tertiary alicyclic amines) is 1. The molecule has 6 nitrogen and oxygen atoms in total. The molecular weight excluding hydrogens is 336 g/mol. The predicted molar refractivity (Wildman–Crippen MR) is 115 cm³/mol. The topological polar surface area (TPSA) is 105 Å². The lowest BCUT2D eigenvalue weighted by Gasteiger charge is -2.31. The van der Waals surface area contributed by atoms with Crippen LogP contribution < -0.4 is 27.8 Å². The van der Waals surface area contributed by atoms with Gasteiger partial charge in [0.25, 0.3) is 0 Å². The molecule has 1 heterocycles. The molecule has 0 spiro atoms. The molecule has 0 unspecified atom stereocenters. The molecule has 1 fully saturated rings. The van der Waals surface area contributed by atoms with Crippen molar-refractivity contribution >= 4 is 0 Å². The van der Waals surface area contributed by atoms with Gasteiger partial charge in [-0.25, -0.2) is 0 Å². The minimum atomic E-state index is -0.309. The fourth-order valence-corrected chi connectivity index (χ4v) is 2.95. The van der Waals surface area contributed by atoms with Gasteiger partial charge in [-0.05, 0) is 45.4 Å². The van der Waals surface area contributed by atoms with Crippen molar-refractivity contribution < 1.29 is 0 Å². The van der Waals surface area contributed by atoms with Crippen LogP contribution in [0.25, 0.3) is 0 Å². The largest absolute Gasteiger partial charge is 0.385 e. The molecule has 27 heavy (non-hydrogen) atoms. The second-order valence-electron chi connectivity index (χ2n) is 6.68. The van der Waals surface area contributed by atoms with Gasteiger partial charge in [0, 0.05) is 36.8 Å². The zero-order valence-corrected chi connectivity index (χ0v) is 16.6. The van der Waals surface area contributed by atoms with E-state index in [1.165, 1.54) is 0 Å². The number of nitrogens with one attached hydrogen (secondary N) is 2. The van der Waals surface area contributed by atoms with Crippen molar-refractivity contribution in [3.63, 3.8) is 0 Å². The first-order chi connectivity index (χ1) is 13.0. The van der Waals surface area contributed by atoms with Crippen LogP contribution in [-0.2, 0) is 0 Å². The lowest BCUT2D eigenvalue weighted by atomic mass is 10.0. The van der Waals surface area contributed by atoms with E-state index >= 15 is 0 Å². The van der Waals surface area contributed by atoms with Gasteiger partial charge in [-0.2, -0.15) is 0 Å². The number of hydrogen-bond donors (Lipinski definition) is 5. The predicted octanol–water partition coefficient (Wildman–Crippen LogP) is 0.756. The Balaban J connectivity index is 2.58. The van der Waals surface area contributed by atoms with E-state index in [0.29, 0.717) is 18.4 Å². The van der Waals surface area contributed by atoms with Crippen LogP contribution in [0.3, 0.4) is 0 Å². The molecule has 1 atom stereocenters. The van der Waals surface area contributed by atoms with Gasteiger partial charge in [0.2, 0.25) is 0 Å². The molecular formula is C21H36N6. The number of nitrogens with two attached hydrogens (primary N) is 3. The summed E-state index contributed by atoms with van der Waals surface area (Å²) in [5.41, 5.74) is 20.3. The smallest absolute Gasteiger partial charge is 0.0981 e. The summed E-state index contributed by atoms with van der Waals surface area (Å²) in [6, 6.07) is 0.337. The monoisotopic (exact) mass is 372 g/mol. The molecule has 0 aromatic rings. The lowest BCUT2D eigenvalue weighted by Crippen LogP contribution is -2.44. The molecule has 0 saturated carbocycles. The Hall–Kier alpha value is -2.04. The summed E-state index contributed by atoms with van der Waals surface area (Å²) in [6.45, 7) is 10.1. The van der Waals surface area contributed by atoms with Crippen LogP contribution in [0.2, 0.25) is 0 Å². The third-order valence-corrected chi connectivity index (χ3v) is 4.67. The van der Waals surface area contributed by atoms with Crippen molar-refractivity contribution in [3.8, 4) is 12.3 Å². The summed E-state index contributed by atoms with van der Waals surface area (Å²) >= 11 is 0. The van der Waals surface area contributed by atoms with Crippen molar-refractivity contribution in [2.24, 2.45) is 17.2 Å². The van der Waals surface area contributed by atoms with Crippen molar-refractivity contribution in [3.05, 3.63) is 47.9 Å². The number of terminal acetylenes is 1. The zero-order chi connectivity index (χ0) is 20.1. The van der Waals surface area contributed by atoms with E-state index in [0.717, 1.165) is 56.6 Å². The maximum atomic E-state index is 6.36. The number of piperidine rings is 1. The van der Waals surface area contributed by atoms with Crippen molar-refractivity contribution in [1.29, 1.82) is 0 Å². The summed E-state index contributed by atoms with van der Waals surface area (Å²) in [6.07, 6.45) is 15.3. The third kappa shape index (κ3) is 8.94. The molecule has 0 aromatic carbocycles. The molecule has 1 saturated heterocycles. The van der Waals surface area contributed by atoms with Gasteiger partial charge >= 0.3 is 0 Å². The number of allylic oxidation sites excluding steroid dienone is 4. The molecule has 1 aliphatic rings. The Morgan fingerprint density at radius 3 is 2.70 bits per heavy atom. The highest BCUT2D eigenvalue weighted by atomic mass is 15.1. The zero-order valence-electron chi connectivity index (χ0n) is 16.6. The van der Waals surface area contributed by atoms with Crippen LogP contribution in [0.1, 0.15) is 26.2 Å². The van der Waals surface area contributed by atoms with E-state index in [1.807, 2.05) is 25.2 Å². The third-order valence-electron chi connectivity index (χ3n) is 4.67. The Bertz CT molecular complexity index is 576. The Morgan fingerprint density at radius 2 is 2.11 bits per heavy atom. The van der Waals surface area contributed by atoms with Gasteiger partial charge in [-0.15, -0.1) is 6.42 Å². The summed E-state index contributed by atoms with van der Waals surface area (Å²) in [5, 5.41) is 6.49. The number of hydrogen-bond acceptors (Lipinski definition) is 6. The molecule has 0 radical (unpaired) electrons. The molecule has 0 amide bonds. The average Bonchev–Trinajstić information content (AvgIpc) is 2.66. The van der Waals surface area contributed by atoms with E-state index in [9.17, 15) is 0 Å². The quantitative estimate of drug-likeness (QED) is 0.208. The number of rotatable bonds is 11. The minimum absolute atomic E-state index is 0.309. The maximum Gasteiger partial charge on any atom is 0.0981 e. The van der Waals surface area contributed by atoms with E-state index < -0.39 is 0 Å². The minimum Gasteiger partial charge on any atom is -0.385 e. The van der Waals surface area contributed by atoms with E-state index in [4.69, 9.17) is 23.6 Å². The first-order valence-corrected chi connectivity index (χ1v) is 9.66. The van der Waals surface area contributed by atoms with Crippen molar-refractivity contribution in [2.75, 3.05) is 32.7 Å². The standard InChI is InChI=1S/C21H36N6/c1-4-17(5-2)9-7-8-13-26-21(24)19(20(23)25-6-3)12-16-27-14-10-18(22)11-15-27/h1,5,7-9,18,21,25-26H,2,6,10-16,22-24H2,3H3/b8-7-,17-9-,20-19+/t21-/m1/s1. The normalized spacial score (nSPS) is 18.8. The molecule has 0 aromatic heterocycles. The van der Waals surface area contributed by atoms with Crippen LogP contribution >= 0.6 is 0 Å². The van der Waals surface area contributed by atoms with Gasteiger partial charge in [-0.3, -0.25) is 5.32 Å². The molecule has 1 aliphatic heterocycles. The molecule has 0 aliphatic carbocycles. The van der Waals surface area contributed by atoms with Gasteiger partial charge in [0.05, 0.1) is 12.0 Å². The fraction of sp³-hybridized carbons (Fsp3) is 0.524. The van der Waals surface area contributed by atoms with E-state index in [-0.39, 0.29) is 6.17 Å². The van der Waals surface area contributed by atoms with Gasteiger partial charge in [-0.1, -0.05) is 30.7 Å². The summed E-state index contributed by atoms with van der Waals surface area (Å²) in [7, 11) is 0. The SMILES string of the molecule is C#C/C(C=C)=C/C=C\CN[C@@H](N)/C(CCN1CCC(N)CC1)=C(\N)NCC. The van der Waals surface area contributed by atoms with Gasteiger partial charge in [0.15, 0.2) is 0 Å². The highest BCUT2D eigenvalue weighted by Gasteiger charge is 2.18. The van der Waals surface area contributed by atoms with Gasteiger partial charge < -0.3 is 27.4 Å². The van der Waals surface area contributed by atoms with E-state index in [2.05, 4.69) is 28.0 Å². The first kappa shape index (κ1) is 23.0. The van der Waals surface area contributed by atoms with Crippen LogP contribution in [0.4, 0.5) is 0 Å². The van der Waals surface area contributed by atoms with Crippen LogP contribution in [0, 0.1) is 12.3 Å². The summed E-state index contributed by atoms with van der Waals surface area (Å²) < 4.78 is 0. The summed E-state index contributed by atoms with van der Waals surface area (Å²) in [4.78, 5) is 2.43. The fourth-order valence-electron chi connectivity index (χ4n) is 2.95. The lowest BCUT2D eigenvalue weighted by molar-refractivity contribution is 0.214. The Labute approximate surface area is 164 Å². The molecule has 8 N–H and O–H groups in total. The van der Waals surface area contributed by atoms with Crippen LogP contribution in [0.5, 0.6) is 0 Å². The second kappa shape index (κ2) is 13.2.